The van der Waals surface area contributed by atoms with Gasteiger partial charge in [0.05, 0.1) is 5.56 Å². The molecule has 0 bridgehead atoms. The first-order chi connectivity index (χ1) is 11.4. The van der Waals surface area contributed by atoms with Crippen LogP contribution in [0.15, 0.2) is 48.5 Å². The number of amides is 2. The molecule has 0 aliphatic carbocycles. The molecule has 2 aromatic rings. The average Bonchev–Trinajstić information content (AvgIpc) is 2.54. The standard InChI is InChI=1S/C18H18F2N2O2/c1-11(2)16(18(24)21-13-9-7-12(19)8-10-13)22-17(23)14-5-3-4-6-15(14)20/h3-11,16H,1-2H3,(H,21,24)(H,22,23). The highest BCUT2D eigenvalue weighted by atomic mass is 19.1. The van der Waals surface area contributed by atoms with Crippen molar-refractivity contribution < 1.29 is 18.4 Å². The van der Waals surface area contributed by atoms with E-state index in [1.807, 2.05) is 0 Å². The van der Waals surface area contributed by atoms with Crippen molar-refractivity contribution in [2.24, 2.45) is 5.92 Å². The maximum absolute atomic E-state index is 13.7. The summed E-state index contributed by atoms with van der Waals surface area (Å²) in [6, 6.07) is 9.97. The molecule has 0 saturated carbocycles. The van der Waals surface area contributed by atoms with Gasteiger partial charge in [-0.2, -0.15) is 0 Å². The smallest absolute Gasteiger partial charge is 0.254 e. The fourth-order valence-electron chi connectivity index (χ4n) is 2.15. The molecule has 2 rings (SSSR count). The van der Waals surface area contributed by atoms with Gasteiger partial charge in [0.25, 0.3) is 5.91 Å². The zero-order chi connectivity index (χ0) is 17.7. The summed E-state index contributed by atoms with van der Waals surface area (Å²) in [5, 5.41) is 5.15. The maximum atomic E-state index is 13.7. The van der Waals surface area contributed by atoms with E-state index in [0.29, 0.717) is 5.69 Å². The zero-order valence-electron chi connectivity index (χ0n) is 13.3. The molecule has 0 saturated heterocycles. The zero-order valence-corrected chi connectivity index (χ0v) is 13.3. The average molecular weight is 332 g/mol. The van der Waals surface area contributed by atoms with Crippen LogP contribution in [0.25, 0.3) is 0 Å². The van der Waals surface area contributed by atoms with Gasteiger partial charge >= 0.3 is 0 Å². The van der Waals surface area contributed by atoms with Gasteiger partial charge in [0.2, 0.25) is 5.91 Å². The molecule has 1 atom stereocenters. The number of halogens is 2. The van der Waals surface area contributed by atoms with Gasteiger partial charge in [0.1, 0.15) is 17.7 Å². The summed E-state index contributed by atoms with van der Waals surface area (Å²) in [6.07, 6.45) is 0. The van der Waals surface area contributed by atoms with Crippen molar-refractivity contribution >= 4 is 17.5 Å². The summed E-state index contributed by atoms with van der Waals surface area (Å²) in [4.78, 5) is 24.6. The molecule has 0 fully saturated rings. The molecule has 0 aliphatic rings. The molecule has 2 N–H and O–H groups in total. The summed E-state index contributed by atoms with van der Waals surface area (Å²) >= 11 is 0. The van der Waals surface area contributed by atoms with Crippen LogP contribution in [0, 0.1) is 17.6 Å². The van der Waals surface area contributed by atoms with Crippen LogP contribution in [0.2, 0.25) is 0 Å². The summed E-state index contributed by atoms with van der Waals surface area (Å²) in [6.45, 7) is 3.52. The minimum absolute atomic E-state index is 0.127. The van der Waals surface area contributed by atoms with Crippen molar-refractivity contribution in [1.82, 2.24) is 5.32 Å². The topological polar surface area (TPSA) is 58.2 Å². The Kier molecular flexibility index (Phi) is 5.63. The third-order valence-electron chi connectivity index (χ3n) is 3.47. The molecule has 0 radical (unpaired) electrons. The number of anilines is 1. The maximum Gasteiger partial charge on any atom is 0.254 e. The van der Waals surface area contributed by atoms with E-state index in [1.54, 1.807) is 19.9 Å². The van der Waals surface area contributed by atoms with E-state index in [2.05, 4.69) is 10.6 Å². The van der Waals surface area contributed by atoms with Crippen molar-refractivity contribution in [1.29, 1.82) is 0 Å². The highest BCUT2D eigenvalue weighted by Crippen LogP contribution is 2.12. The first kappa shape index (κ1) is 17.6. The van der Waals surface area contributed by atoms with Crippen LogP contribution >= 0.6 is 0 Å². The van der Waals surface area contributed by atoms with Crippen LogP contribution in [-0.2, 0) is 4.79 Å². The summed E-state index contributed by atoms with van der Waals surface area (Å²) in [7, 11) is 0. The molecule has 6 heteroatoms. The minimum atomic E-state index is -0.859. The van der Waals surface area contributed by atoms with Gasteiger partial charge in [-0.3, -0.25) is 9.59 Å². The van der Waals surface area contributed by atoms with Crippen LogP contribution in [-0.4, -0.2) is 17.9 Å². The number of nitrogens with one attached hydrogen (secondary N) is 2. The quantitative estimate of drug-likeness (QED) is 0.882. The Morgan fingerprint density at radius 2 is 1.58 bits per heavy atom. The fourth-order valence-corrected chi connectivity index (χ4v) is 2.15. The van der Waals surface area contributed by atoms with Gasteiger partial charge in [-0.25, -0.2) is 8.78 Å². The Morgan fingerprint density at radius 1 is 0.958 bits per heavy atom. The largest absolute Gasteiger partial charge is 0.340 e. The van der Waals surface area contributed by atoms with E-state index < -0.39 is 29.5 Å². The second-order valence-corrected chi connectivity index (χ2v) is 5.67. The van der Waals surface area contributed by atoms with Gasteiger partial charge in [-0.05, 0) is 42.3 Å². The van der Waals surface area contributed by atoms with Crippen molar-refractivity contribution in [2.75, 3.05) is 5.32 Å². The summed E-state index contributed by atoms with van der Waals surface area (Å²) in [5.74, 6) is -2.42. The first-order valence-corrected chi connectivity index (χ1v) is 7.50. The van der Waals surface area contributed by atoms with E-state index in [-0.39, 0.29) is 11.5 Å². The predicted molar refractivity (Wildman–Crippen MR) is 87.5 cm³/mol. The van der Waals surface area contributed by atoms with Crippen LogP contribution in [0.1, 0.15) is 24.2 Å². The van der Waals surface area contributed by atoms with E-state index in [1.165, 1.54) is 42.5 Å². The molecule has 2 amide bonds. The van der Waals surface area contributed by atoms with E-state index >= 15 is 0 Å². The Balaban J connectivity index is 2.11. The van der Waals surface area contributed by atoms with Crippen LogP contribution in [0.4, 0.5) is 14.5 Å². The lowest BCUT2D eigenvalue weighted by atomic mass is 10.0. The molecule has 4 nitrogen and oxygen atoms in total. The Labute approximate surface area is 138 Å². The highest BCUT2D eigenvalue weighted by molar-refractivity contribution is 6.01. The van der Waals surface area contributed by atoms with E-state index in [9.17, 15) is 18.4 Å². The highest BCUT2D eigenvalue weighted by Gasteiger charge is 2.25. The van der Waals surface area contributed by atoms with Crippen LogP contribution in [0.3, 0.4) is 0 Å². The minimum Gasteiger partial charge on any atom is -0.340 e. The van der Waals surface area contributed by atoms with Gasteiger partial charge < -0.3 is 10.6 Å². The molecule has 1 unspecified atom stereocenters. The van der Waals surface area contributed by atoms with Crippen molar-refractivity contribution in [3.8, 4) is 0 Å². The first-order valence-electron chi connectivity index (χ1n) is 7.50. The van der Waals surface area contributed by atoms with Gasteiger partial charge in [-0.1, -0.05) is 26.0 Å². The second kappa shape index (κ2) is 7.68. The third-order valence-corrected chi connectivity index (χ3v) is 3.47. The van der Waals surface area contributed by atoms with Gasteiger partial charge in [0.15, 0.2) is 0 Å². The lowest BCUT2D eigenvalue weighted by molar-refractivity contribution is -0.118. The van der Waals surface area contributed by atoms with Gasteiger partial charge in [0, 0.05) is 5.69 Å². The number of rotatable bonds is 5. The number of carbonyl (C=O) groups is 2. The molecular formula is C18H18F2N2O2. The molecular weight excluding hydrogens is 314 g/mol. The van der Waals surface area contributed by atoms with Crippen LogP contribution in [0.5, 0.6) is 0 Å². The normalized spacial score (nSPS) is 11.9. The monoisotopic (exact) mass is 332 g/mol. The SMILES string of the molecule is CC(C)C(NC(=O)c1ccccc1F)C(=O)Nc1ccc(F)cc1. The second-order valence-electron chi connectivity index (χ2n) is 5.67. The third kappa shape index (κ3) is 4.38. The number of benzene rings is 2. The molecule has 126 valence electrons. The van der Waals surface area contributed by atoms with Crippen LogP contribution < -0.4 is 10.6 Å². The van der Waals surface area contributed by atoms with E-state index in [4.69, 9.17) is 0 Å². The summed E-state index contributed by atoms with van der Waals surface area (Å²) < 4.78 is 26.6. The Morgan fingerprint density at radius 3 is 2.17 bits per heavy atom. The molecule has 0 heterocycles. The van der Waals surface area contributed by atoms with Crippen molar-refractivity contribution in [3.63, 3.8) is 0 Å². The Bertz CT molecular complexity index is 730. The van der Waals surface area contributed by atoms with E-state index in [0.717, 1.165) is 0 Å². The fraction of sp³-hybridized carbons (Fsp3) is 0.222. The predicted octanol–water partition coefficient (Wildman–Crippen LogP) is 3.36. The molecule has 0 aliphatic heterocycles. The number of carbonyl (C=O) groups excluding carboxylic acids is 2. The molecule has 0 aromatic heterocycles. The van der Waals surface area contributed by atoms with Gasteiger partial charge in [-0.15, -0.1) is 0 Å². The molecule has 24 heavy (non-hydrogen) atoms. The number of hydrogen-bond donors (Lipinski definition) is 2. The number of hydrogen-bond acceptors (Lipinski definition) is 2. The Hall–Kier alpha value is -2.76. The van der Waals surface area contributed by atoms with Crippen molar-refractivity contribution in [3.05, 3.63) is 65.7 Å². The van der Waals surface area contributed by atoms with Crippen molar-refractivity contribution in [2.45, 2.75) is 19.9 Å². The lowest BCUT2D eigenvalue weighted by Gasteiger charge is -2.22. The summed E-state index contributed by atoms with van der Waals surface area (Å²) in [5.41, 5.74) is 0.282. The molecule has 2 aromatic carbocycles. The lowest BCUT2D eigenvalue weighted by Crippen LogP contribution is -2.47. The molecule has 0 spiro atoms.